The van der Waals surface area contributed by atoms with Gasteiger partial charge in [-0.3, -0.25) is 9.69 Å². The van der Waals surface area contributed by atoms with Gasteiger partial charge in [0.05, 0.1) is 17.5 Å². The van der Waals surface area contributed by atoms with Gasteiger partial charge in [-0.1, -0.05) is 42.5 Å². The van der Waals surface area contributed by atoms with Gasteiger partial charge in [0.1, 0.15) is 12.4 Å². The minimum Gasteiger partial charge on any atom is -0.489 e. The molecule has 0 spiro atoms. The number of ether oxygens (including phenoxy) is 1. The number of imide groups is 1. The maximum atomic E-state index is 13.2. The number of carbonyl (C=O) groups excluding carboxylic acids is 2. The second kappa shape index (κ2) is 8.81. The largest absolute Gasteiger partial charge is 0.489 e. The molecule has 186 valence electrons. The van der Waals surface area contributed by atoms with Gasteiger partial charge in [0, 0.05) is 30.2 Å². The van der Waals surface area contributed by atoms with Crippen LogP contribution < -0.4 is 4.74 Å². The fourth-order valence-corrected chi connectivity index (χ4v) is 5.41. The summed E-state index contributed by atoms with van der Waals surface area (Å²) in [4.78, 5) is 44.0. The Morgan fingerprint density at radius 3 is 2.51 bits per heavy atom. The Balaban J connectivity index is 1.40. The van der Waals surface area contributed by atoms with Crippen molar-refractivity contribution in [2.45, 2.75) is 25.0 Å². The fourth-order valence-electron chi connectivity index (χ4n) is 5.41. The van der Waals surface area contributed by atoms with Gasteiger partial charge in [-0.05, 0) is 53.4 Å². The minimum absolute atomic E-state index is 0.209. The number of nitrogens with one attached hydrogen (secondary N) is 1. The quantitative estimate of drug-likeness (QED) is 0.403. The summed E-state index contributed by atoms with van der Waals surface area (Å²) in [5.41, 5.74) is 4.78. The van der Waals surface area contributed by atoms with Gasteiger partial charge in [0.25, 0.3) is 0 Å². The second-order valence-corrected chi connectivity index (χ2v) is 9.54. The average molecular weight is 496 g/mol. The molecule has 0 saturated carbocycles. The standard InChI is InChI=1S/C29H25N3O5/c1-31-27(33)22-15-32(29(31)36)24(13-17-7-9-19(10-8-17)28(34)35)26-25(22)21-14-20(11-12-23(21)30-26)37-16-18-5-3-2-4-6-18/h2-12,14,22,24,30H,13,15-16H2,1H3,(H,34,35)/t22-,24?/m0/s1. The van der Waals surface area contributed by atoms with Gasteiger partial charge in [0.15, 0.2) is 0 Å². The highest BCUT2D eigenvalue weighted by Crippen LogP contribution is 2.45. The number of carbonyl (C=O) groups is 3. The van der Waals surface area contributed by atoms with Gasteiger partial charge < -0.3 is 19.7 Å². The molecule has 3 amide bonds. The smallest absolute Gasteiger partial charge is 0.335 e. The van der Waals surface area contributed by atoms with Crippen LogP contribution in [0, 0.1) is 0 Å². The Kier molecular flexibility index (Phi) is 5.44. The molecule has 1 fully saturated rings. The number of aromatic nitrogens is 1. The van der Waals surface area contributed by atoms with Crippen LogP contribution in [0.3, 0.4) is 0 Å². The van der Waals surface area contributed by atoms with Crippen LogP contribution in [0.15, 0.2) is 72.8 Å². The summed E-state index contributed by atoms with van der Waals surface area (Å²) in [5, 5.41) is 10.1. The van der Waals surface area contributed by atoms with Crippen molar-refractivity contribution in [1.29, 1.82) is 0 Å². The van der Waals surface area contributed by atoms with Crippen LogP contribution in [-0.2, 0) is 17.8 Å². The number of aromatic carboxylic acids is 1. The molecular weight excluding hydrogens is 470 g/mol. The molecule has 2 N–H and O–H groups in total. The maximum Gasteiger partial charge on any atom is 0.335 e. The van der Waals surface area contributed by atoms with Gasteiger partial charge in [-0.2, -0.15) is 0 Å². The first kappa shape index (κ1) is 22.8. The van der Waals surface area contributed by atoms with E-state index in [0.717, 1.165) is 33.3 Å². The number of hydrogen-bond acceptors (Lipinski definition) is 4. The number of likely N-dealkylation sites (N-methyl/N-ethyl adjacent to an activating group) is 1. The zero-order valence-corrected chi connectivity index (χ0v) is 20.2. The summed E-state index contributed by atoms with van der Waals surface area (Å²) in [6, 6.07) is 21.8. The summed E-state index contributed by atoms with van der Waals surface area (Å²) < 4.78 is 6.06. The fraction of sp³-hybridized carbons (Fsp3) is 0.207. The van der Waals surface area contributed by atoms with E-state index >= 15 is 0 Å². The van der Waals surface area contributed by atoms with Crippen LogP contribution in [0.4, 0.5) is 4.79 Å². The summed E-state index contributed by atoms with van der Waals surface area (Å²) in [6.45, 7) is 0.732. The van der Waals surface area contributed by atoms with Crippen molar-refractivity contribution in [3.05, 3.63) is 101 Å². The number of carboxylic acids is 1. The van der Waals surface area contributed by atoms with E-state index in [4.69, 9.17) is 4.74 Å². The molecule has 3 aromatic carbocycles. The van der Waals surface area contributed by atoms with Crippen molar-refractivity contribution < 1.29 is 24.2 Å². The van der Waals surface area contributed by atoms with Crippen molar-refractivity contribution in [2.75, 3.05) is 13.6 Å². The van der Waals surface area contributed by atoms with E-state index in [1.165, 1.54) is 11.9 Å². The number of rotatable bonds is 6. The van der Waals surface area contributed by atoms with E-state index < -0.39 is 11.9 Å². The summed E-state index contributed by atoms with van der Waals surface area (Å²) in [7, 11) is 1.52. The van der Waals surface area contributed by atoms with Crippen LogP contribution in [-0.4, -0.2) is 51.4 Å². The third-order valence-electron chi connectivity index (χ3n) is 7.32. The lowest BCUT2D eigenvalue weighted by Gasteiger charge is -2.45. The van der Waals surface area contributed by atoms with Gasteiger partial charge in [0.2, 0.25) is 5.91 Å². The molecule has 4 aromatic rings. The van der Waals surface area contributed by atoms with E-state index in [9.17, 15) is 19.5 Å². The van der Waals surface area contributed by atoms with Crippen LogP contribution >= 0.6 is 0 Å². The normalized spacial score (nSPS) is 18.7. The molecule has 2 aliphatic rings. The van der Waals surface area contributed by atoms with Crippen LogP contribution in [0.1, 0.15) is 44.7 Å². The summed E-state index contributed by atoms with van der Waals surface area (Å²) in [6.07, 6.45) is 0.484. The molecule has 2 aliphatic heterocycles. The SMILES string of the molecule is CN1C(=O)[C@H]2CN(C1=O)C(Cc1ccc(C(=O)O)cc1)c1[nH]c3ccc(OCc4ccccc4)cc3c12. The number of carboxylic acid groups (broad SMARTS) is 1. The third kappa shape index (κ3) is 3.91. The highest BCUT2D eigenvalue weighted by Gasteiger charge is 2.48. The van der Waals surface area contributed by atoms with Crippen LogP contribution in [0.5, 0.6) is 5.75 Å². The van der Waals surface area contributed by atoms with E-state index in [1.807, 2.05) is 48.5 Å². The number of benzene rings is 3. The summed E-state index contributed by atoms with van der Waals surface area (Å²) in [5.74, 6) is -0.972. The molecule has 2 atom stereocenters. The molecule has 1 unspecified atom stereocenters. The first-order valence-corrected chi connectivity index (χ1v) is 12.1. The van der Waals surface area contributed by atoms with Gasteiger partial charge >= 0.3 is 12.0 Å². The molecule has 3 heterocycles. The average Bonchev–Trinajstić information content (AvgIpc) is 3.30. The number of urea groups is 1. The van der Waals surface area contributed by atoms with Crippen molar-refractivity contribution in [3.8, 4) is 5.75 Å². The highest BCUT2D eigenvalue weighted by atomic mass is 16.5. The zero-order chi connectivity index (χ0) is 25.7. The lowest BCUT2D eigenvalue weighted by atomic mass is 9.83. The van der Waals surface area contributed by atoms with Crippen molar-refractivity contribution >= 4 is 28.8 Å². The lowest BCUT2D eigenvalue weighted by Crippen LogP contribution is -2.57. The van der Waals surface area contributed by atoms with Crippen molar-refractivity contribution in [3.63, 3.8) is 0 Å². The molecule has 8 heteroatoms. The molecule has 1 saturated heterocycles. The number of nitrogens with zero attached hydrogens (tertiary/aromatic N) is 2. The Hall–Kier alpha value is -4.59. The number of amides is 3. The minimum atomic E-state index is -0.985. The Morgan fingerprint density at radius 1 is 1.03 bits per heavy atom. The zero-order valence-electron chi connectivity index (χ0n) is 20.2. The highest BCUT2D eigenvalue weighted by molar-refractivity contribution is 6.04. The van der Waals surface area contributed by atoms with E-state index in [-0.39, 0.29) is 23.5 Å². The second-order valence-electron chi connectivity index (χ2n) is 9.54. The number of H-pyrrole nitrogens is 1. The topological polar surface area (TPSA) is 103 Å². The molecule has 8 nitrogen and oxygen atoms in total. The Bertz CT molecular complexity index is 1530. The third-order valence-corrected chi connectivity index (χ3v) is 7.32. The molecule has 2 bridgehead atoms. The first-order valence-electron chi connectivity index (χ1n) is 12.1. The van der Waals surface area contributed by atoms with Crippen LogP contribution in [0.2, 0.25) is 0 Å². The summed E-state index contributed by atoms with van der Waals surface area (Å²) >= 11 is 0. The molecule has 0 radical (unpaired) electrons. The molecule has 0 aliphatic carbocycles. The number of aromatic amines is 1. The van der Waals surface area contributed by atoms with Crippen molar-refractivity contribution in [2.24, 2.45) is 0 Å². The lowest BCUT2D eigenvalue weighted by molar-refractivity contribution is -0.132. The maximum absolute atomic E-state index is 13.2. The molecule has 37 heavy (non-hydrogen) atoms. The Morgan fingerprint density at radius 2 is 1.78 bits per heavy atom. The number of hydrogen-bond donors (Lipinski definition) is 2. The molecule has 6 rings (SSSR count). The first-order chi connectivity index (χ1) is 17.9. The van der Waals surface area contributed by atoms with E-state index in [1.54, 1.807) is 29.2 Å². The van der Waals surface area contributed by atoms with Crippen molar-refractivity contribution in [1.82, 2.24) is 14.8 Å². The molecular formula is C29H25N3O5. The van der Waals surface area contributed by atoms with Gasteiger partial charge in [-0.15, -0.1) is 0 Å². The predicted molar refractivity (Wildman–Crippen MR) is 137 cm³/mol. The monoisotopic (exact) mass is 495 g/mol. The van der Waals surface area contributed by atoms with E-state index in [0.29, 0.717) is 25.3 Å². The molecule has 1 aromatic heterocycles. The Labute approximate surface area is 213 Å². The van der Waals surface area contributed by atoms with Gasteiger partial charge in [-0.25, -0.2) is 9.59 Å². The number of fused-ring (bicyclic) bond motifs is 6. The predicted octanol–water partition coefficient (Wildman–Crippen LogP) is 4.72. The van der Waals surface area contributed by atoms with Crippen LogP contribution in [0.25, 0.3) is 10.9 Å². The van der Waals surface area contributed by atoms with E-state index in [2.05, 4.69) is 4.98 Å².